The molecule has 2 nitrogen and oxygen atoms in total. The summed E-state index contributed by atoms with van der Waals surface area (Å²) in [7, 11) is 1.93. The highest BCUT2D eigenvalue weighted by molar-refractivity contribution is 9.10. The highest BCUT2D eigenvalue weighted by Gasteiger charge is 2.10. The molecule has 0 aromatic carbocycles. The minimum absolute atomic E-state index is 0.847. The van der Waals surface area contributed by atoms with Gasteiger partial charge >= 0.3 is 0 Å². The second-order valence-electron chi connectivity index (χ2n) is 2.57. The molecule has 62 valence electrons. The topological polar surface area (TPSA) is 25.2 Å². The van der Waals surface area contributed by atoms with Crippen molar-refractivity contribution in [2.75, 3.05) is 7.05 Å². The van der Waals surface area contributed by atoms with Crippen LogP contribution in [0.5, 0.6) is 0 Å². The van der Waals surface area contributed by atoms with Crippen molar-refractivity contribution in [3.05, 3.63) is 21.6 Å². The lowest BCUT2D eigenvalue weighted by atomic mass is 10.2. The molecule has 1 heterocycles. The minimum Gasteiger partial charge on any atom is -0.454 e. The van der Waals surface area contributed by atoms with Crippen molar-refractivity contribution in [3.8, 4) is 0 Å². The summed E-state index contributed by atoms with van der Waals surface area (Å²) < 4.78 is 6.22. The lowest BCUT2D eigenvalue weighted by molar-refractivity contribution is 0.504. The third-order valence-electron chi connectivity index (χ3n) is 1.77. The Hall–Kier alpha value is -0.280. The van der Waals surface area contributed by atoms with Crippen molar-refractivity contribution in [2.45, 2.75) is 20.4 Å². The minimum atomic E-state index is 0.847. The second kappa shape index (κ2) is 3.41. The summed E-state index contributed by atoms with van der Waals surface area (Å²) in [6, 6.07) is 0. The van der Waals surface area contributed by atoms with Gasteiger partial charge in [0.25, 0.3) is 0 Å². The molecule has 0 saturated heterocycles. The van der Waals surface area contributed by atoms with Crippen LogP contribution in [0.15, 0.2) is 9.09 Å². The molecule has 0 aliphatic carbocycles. The third-order valence-corrected chi connectivity index (χ3v) is 2.53. The molecular weight excluding hydrogens is 206 g/mol. The molecule has 0 saturated carbocycles. The van der Waals surface area contributed by atoms with Crippen LogP contribution in [0.4, 0.5) is 0 Å². The van der Waals surface area contributed by atoms with E-state index in [1.54, 1.807) is 0 Å². The normalized spacial score (nSPS) is 10.5. The molecule has 1 rings (SSSR count). The SMILES string of the molecule is CNCc1c(C)oc(Br)c1C. The zero-order valence-electron chi connectivity index (χ0n) is 6.99. The fourth-order valence-corrected chi connectivity index (χ4v) is 1.57. The number of furan rings is 1. The molecule has 3 heteroatoms. The van der Waals surface area contributed by atoms with Crippen molar-refractivity contribution in [1.29, 1.82) is 0 Å². The van der Waals surface area contributed by atoms with Crippen LogP contribution >= 0.6 is 15.9 Å². The number of hydrogen-bond donors (Lipinski definition) is 1. The average molecular weight is 218 g/mol. The molecule has 0 radical (unpaired) electrons. The molecule has 0 fully saturated rings. The van der Waals surface area contributed by atoms with Crippen LogP contribution in [0.1, 0.15) is 16.9 Å². The first-order chi connectivity index (χ1) is 5.16. The Bertz CT molecular complexity index is 255. The van der Waals surface area contributed by atoms with E-state index in [9.17, 15) is 0 Å². The summed E-state index contributed by atoms with van der Waals surface area (Å²) in [5.74, 6) is 0.990. The Kier molecular flexibility index (Phi) is 2.73. The van der Waals surface area contributed by atoms with E-state index in [0.717, 1.165) is 17.0 Å². The van der Waals surface area contributed by atoms with Crippen LogP contribution < -0.4 is 5.32 Å². The lowest BCUT2D eigenvalue weighted by Crippen LogP contribution is -2.06. The van der Waals surface area contributed by atoms with Gasteiger partial charge in [0.15, 0.2) is 4.67 Å². The van der Waals surface area contributed by atoms with Gasteiger partial charge < -0.3 is 9.73 Å². The summed E-state index contributed by atoms with van der Waals surface area (Å²) in [6.45, 7) is 4.89. The largest absolute Gasteiger partial charge is 0.454 e. The molecular formula is C8H12BrNO. The predicted molar refractivity (Wildman–Crippen MR) is 48.6 cm³/mol. The van der Waals surface area contributed by atoms with E-state index >= 15 is 0 Å². The monoisotopic (exact) mass is 217 g/mol. The quantitative estimate of drug-likeness (QED) is 0.824. The number of hydrogen-bond acceptors (Lipinski definition) is 2. The van der Waals surface area contributed by atoms with Crippen LogP contribution in [-0.2, 0) is 6.54 Å². The Balaban J connectivity index is 3.02. The summed E-state index contributed by atoms with van der Waals surface area (Å²) in [6.07, 6.45) is 0. The van der Waals surface area contributed by atoms with Gasteiger partial charge in [-0.05, 0) is 36.8 Å². The van der Waals surface area contributed by atoms with Crippen molar-refractivity contribution in [3.63, 3.8) is 0 Å². The van der Waals surface area contributed by atoms with Gasteiger partial charge in [-0.2, -0.15) is 0 Å². The molecule has 0 aliphatic rings. The molecule has 1 N–H and O–H groups in total. The van der Waals surface area contributed by atoms with E-state index in [-0.39, 0.29) is 0 Å². The molecule has 0 bridgehead atoms. The average Bonchev–Trinajstić information content (AvgIpc) is 2.17. The van der Waals surface area contributed by atoms with Gasteiger partial charge in [-0.15, -0.1) is 0 Å². The molecule has 0 atom stereocenters. The van der Waals surface area contributed by atoms with Crippen LogP contribution in [0.2, 0.25) is 0 Å². The highest BCUT2D eigenvalue weighted by Crippen LogP contribution is 2.25. The van der Waals surface area contributed by atoms with E-state index in [0.29, 0.717) is 0 Å². The zero-order valence-corrected chi connectivity index (χ0v) is 8.58. The Morgan fingerprint density at radius 2 is 2.09 bits per heavy atom. The van der Waals surface area contributed by atoms with E-state index in [1.165, 1.54) is 11.1 Å². The Labute approximate surface area is 75.1 Å². The predicted octanol–water partition coefficient (Wildman–Crippen LogP) is 2.38. The summed E-state index contributed by atoms with van der Waals surface area (Å²) >= 11 is 3.34. The maximum Gasteiger partial charge on any atom is 0.172 e. The molecule has 1 aromatic rings. The molecule has 11 heavy (non-hydrogen) atoms. The van der Waals surface area contributed by atoms with Crippen LogP contribution in [-0.4, -0.2) is 7.05 Å². The second-order valence-corrected chi connectivity index (χ2v) is 3.29. The smallest absolute Gasteiger partial charge is 0.172 e. The standard InChI is InChI=1S/C8H12BrNO/c1-5-7(4-10-3)6(2)11-8(5)9/h10H,4H2,1-3H3. The lowest BCUT2D eigenvalue weighted by Gasteiger charge is -1.97. The first-order valence-corrected chi connectivity index (χ1v) is 4.35. The number of halogens is 1. The molecule has 0 spiro atoms. The molecule has 0 unspecified atom stereocenters. The van der Waals surface area contributed by atoms with Crippen LogP contribution in [0.25, 0.3) is 0 Å². The molecule has 0 aliphatic heterocycles. The first kappa shape index (κ1) is 8.81. The zero-order chi connectivity index (χ0) is 8.43. The third kappa shape index (κ3) is 1.65. The summed E-state index contributed by atoms with van der Waals surface area (Å²) in [5, 5.41) is 3.10. The van der Waals surface area contributed by atoms with Crippen molar-refractivity contribution in [2.24, 2.45) is 0 Å². The van der Waals surface area contributed by atoms with Crippen molar-refractivity contribution in [1.82, 2.24) is 5.32 Å². The van der Waals surface area contributed by atoms with Crippen molar-refractivity contribution >= 4 is 15.9 Å². The van der Waals surface area contributed by atoms with E-state index in [2.05, 4.69) is 21.2 Å². The van der Waals surface area contributed by atoms with Crippen LogP contribution in [0, 0.1) is 13.8 Å². The van der Waals surface area contributed by atoms with Gasteiger partial charge in [0, 0.05) is 17.7 Å². The fourth-order valence-electron chi connectivity index (χ4n) is 1.09. The van der Waals surface area contributed by atoms with Gasteiger partial charge in [0.1, 0.15) is 5.76 Å². The highest BCUT2D eigenvalue weighted by atomic mass is 79.9. The van der Waals surface area contributed by atoms with E-state index < -0.39 is 0 Å². The Morgan fingerprint density at radius 3 is 2.45 bits per heavy atom. The van der Waals surface area contributed by atoms with Crippen molar-refractivity contribution < 1.29 is 4.42 Å². The van der Waals surface area contributed by atoms with Gasteiger partial charge in [-0.3, -0.25) is 0 Å². The van der Waals surface area contributed by atoms with E-state index in [4.69, 9.17) is 4.42 Å². The summed E-state index contributed by atoms with van der Waals surface area (Å²) in [4.78, 5) is 0. The maximum atomic E-state index is 5.37. The number of rotatable bonds is 2. The summed E-state index contributed by atoms with van der Waals surface area (Å²) in [5.41, 5.74) is 2.44. The number of aryl methyl sites for hydroxylation is 1. The van der Waals surface area contributed by atoms with Gasteiger partial charge in [0.05, 0.1) is 0 Å². The molecule has 1 aromatic heterocycles. The fraction of sp³-hybridized carbons (Fsp3) is 0.500. The Morgan fingerprint density at radius 1 is 1.45 bits per heavy atom. The first-order valence-electron chi connectivity index (χ1n) is 3.55. The van der Waals surface area contributed by atoms with Crippen LogP contribution in [0.3, 0.4) is 0 Å². The van der Waals surface area contributed by atoms with Gasteiger partial charge in [-0.1, -0.05) is 0 Å². The number of nitrogens with one attached hydrogen (secondary N) is 1. The maximum absolute atomic E-state index is 5.37. The molecule has 0 amide bonds. The van der Waals surface area contributed by atoms with Gasteiger partial charge in [0.2, 0.25) is 0 Å². The van der Waals surface area contributed by atoms with Gasteiger partial charge in [-0.25, -0.2) is 0 Å². The van der Waals surface area contributed by atoms with E-state index in [1.807, 2.05) is 20.9 Å².